The Morgan fingerprint density at radius 3 is 2.68 bits per heavy atom. The average molecular weight is 302 g/mol. The molecule has 1 heterocycles. The first-order valence-electron chi connectivity index (χ1n) is 6.64. The lowest BCUT2D eigenvalue weighted by molar-refractivity contribution is 0.538. The molecule has 0 amide bonds. The maximum atomic E-state index is 12.1. The summed E-state index contributed by atoms with van der Waals surface area (Å²) in [6.07, 6.45) is 1.10. The first-order chi connectivity index (χ1) is 8.85. The summed E-state index contributed by atoms with van der Waals surface area (Å²) in [5, 5.41) is 3.20. The van der Waals surface area contributed by atoms with Gasteiger partial charge in [0.2, 0.25) is 10.0 Å². The molecule has 1 aliphatic rings. The summed E-state index contributed by atoms with van der Waals surface area (Å²) in [6.45, 7) is 8.54. The highest BCUT2D eigenvalue weighted by molar-refractivity contribution is 7.91. The first-order valence-corrected chi connectivity index (χ1v) is 8.94. The van der Waals surface area contributed by atoms with E-state index in [2.05, 4.69) is 23.9 Å². The summed E-state index contributed by atoms with van der Waals surface area (Å²) >= 11 is 1.34. The second-order valence-electron chi connectivity index (χ2n) is 5.74. The lowest BCUT2D eigenvalue weighted by Gasteiger charge is -2.06. The Morgan fingerprint density at radius 1 is 1.42 bits per heavy atom. The third-order valence-electron chi connectivity index (χ3n) is 3.69. The Labute approximate surface area is 119 Å². The molecule has 4 nitrogen and oxygen atoms in total. The monoisotopic (exact) mass is 302 g/mol. The number of hydrogen-bond donors (Lipinski definition) is 2. The number of hydrogen-bond acceptors (Lipinski definition) is 4. The fourth-order valence-corrected chi connectivity index (χ4v) is 4.50. The van der Waals surface area contributed by atoms with Crippen LogP contribution >= 0.6 is 11.3 Å². The minimum absolute atomic E-state index is 0.300. The van der Waals surface area contributed by atoms with E-state index in [0.29, 0.717) is 22.1 Å². The van der Waals surface area contributed by atoms with E-state index in [0.717, 1.165) is 24.4 Å². The molecule has 1 unspecified atom stereocenters. The summed E-state index contributed by atoms with van der Waals surface area (Å²) in [7, 11) is -3.33. The Balaban J connectivity index is 1.93. The van der Waals surface area contributed by atoms with E-state index in [1.807, 2.05) is 13.0 Å². The molecular weight excluding hydrogens is 280 g/mol. The second-order valence-corrected chi connectivity index (χ2v) is 8.90. The average Bonchev–Trinajstić information content (AvgIpc) is 2.78. The summed E-state index contributed by atoms with van der Waals surface area (Å²) in [6, 6.07) is 3.57. The summed E-state index contributed by atoms with van der Waals surface area (Å²) < 4.78 is 27.4. The molecule has 108 valence electrons. The van der Waals surface area contributed by atoms with E-state index < -0.39 is 10.0 Å². The number of thiophene rings is 1. The van der Waals surface area contributed by atoms with Crippen molar-refractivity contribution in [3.63, 3.8) is 0 Å². The molecule has 1 aromatic rings. The van der Waals surface area contributed by atoms with Gasteiger partial charge in [0.05, 0.1) is 0 Å². The van der Waals surface area contributed by atoms with E-state index >= 15 is 0 Å². The van der Waals surface area contributed by atoms with Crippen molar-refractivity contribution in [1.29, 1.82) is 0 Å². The summed E-state index contributed by atoms with van der Waals surface area (Å²) in [4.78, 5) is 1.05. The Hall–Kier alpha value is -0.430. The van der Waals surface area contributed by atoms with Gasteiger partial charge in [-0.3, -0.25) is 0 Å². The van der Waals surface area contributed by atoms with E-state index in [1.54, 1.807) is 6.07 Å². The number of sulfonamides is 1. The van der Waals surface area contributed by atoms with Gasteiger partial charge in [-0.2, -0.15) is 0 Å². The minimum Gasteiger partial charge on any atom is -0.312 e. The molecule has 1 aliphatic carbocycles. The van der Waals surface area contributed by atoms with Crippen LogP contribution in [0.1, 0.15) is 32.1 Å². The fourth-order valence-electron chi connectivity index (χ4n) is 2.05. The van der Waals surface area contributed by atoms with Crippen molar-refractivity contribution in [1.82, 2.24) is 10.0 Å². The molecule has 0 saturated heterocycles. The van der Waals surface area contributed by atoms with Crippen molar-refractivity contribution < 1.29 is 8.42 Å². The smallest absolute Gasteiger partial charge is 0.250 e. The van der Waals surface area contributed by atoms with Crippen molar-refractivity contribution in [3.8, 4) is 0 Å². The standard InChI is InChI=1S/C13H22N2O2S2/c1-4-14-9-11-5-6-12(18-11)19(16,17)15-8-10-7-13(10,2)3/h5-6,10,14-15H,4,7-9H2,1-3H3. The Morgan fingerprint density at radius 2 is 2.11 bits per heavy atom. The van der Waals surface area contributed by atoms with E-state index in [-0.39, 0.29) is 0 Å². The molecule has 0 aromatic carbocycles. The SMILES string of the molecule is CCNCc1ccc(S(=O)(=O)NCC2CC2(C)C)s1. The second kappa shape index (κ2) is 5.52. The molecule has 6 heteroatoms. The fraction of sp³-hybridized carbons (Fsp3) is 0.692. The maximum Gasteiger partial charge on any atom is 0.250 e. The molecule has 2 rings (SSSR count). The molecule has 0 spiro atoms. The van der Waals surface area contributed by atoms with E-state index in [1.165, 1.54) is 11.3 Å². The van der Waals surface area contributed by atoms with Gasteiger partial charge in [0, 0.05) is 18.0 Å². The molecule has 0 bridgehead atoms. The molecule has 0 aliphatic heterocycles. The Bertz CT molecular complexity index is 535. The van der Waals surface area contributed by atoms with Crippen LogP contribution in [-0.4, -0.2) is 21.5 Å². The zero-order valence-corrected chi connectivity index (χ0v) is 13.3. The van der Waals surface area contributed by atoms with Gasteiger partial charge in [-0.1, -0.05) is 20.8 Å². The Kier molecular flexibility index (Phi) is 4.35. The molecular formula is C13H22N2O2S2. The van der Waals surface area contributed by atoms with E-state index in [9.17, 15) is 8.42 Å². The van der Waals surface area contributed by atoms with Crippen LogP contribution in [-0.2, 0) is 16.6 Å². The van der Waals surface area contributed by atoms with Gasteiger partial charge < -0.3 is 5.32 Å². The van der Waals surface area contributed by atoms with Crippen molar-refractivity contribution in [2.75, 3.05) is 13.1 Å². The highest BCUT2D eigenvalue weighted by Crippen LogP contribution is 2.51. The van der Waals surface area contributed by atoms with Gasteiger partial charge in [0.15, 0.2) is 0 Å². The van der Waals surface area contributed by atoms with Crippen LogP contribution in [0.25, 0.3) is 0 Å². The quantitative estimate of drug-likeness (QED) is 0.811. The van der Waals surface area contributed by atoms with Crippen LogP contribution in [0.2, 0.25) is 0 Å². The van der Waals surface area contributed by atoms with E-state index in [4.69, 9.17) is 0 Å². The summed E-state index contributed by atoms with van der Waals surface area (Å²) in [5.41, 5.74) is 0.300. The minimum atomic E-state index is -3.33. The lowest BCUT2D eigenvalue weighted by atomic mass is 10.1. The topological polar surface area (TPSA) is 58.2 Å². The molecule has 1 fully saturated rings. The zero-order chi connectivity index (χ0) is 14.1. The molecule has 0 radical (unpaired) electrons. The number of rotatable bonds is 7. The van der Waals surface area contributed by atoms with Crippen molar-refractivity contribution in [2.45, 2.75) is 37.9 Å². The van der Waals surface area contributed by atoms with Crippen LogP contribution in [0.3, 0.4) is 0 Å². The zero-order valence-electron chi connectivity index (χ0n) is 11.7. The normalized spacial score (nSPS) is 21.5. The van der Waals surface area contributed by atoms with Crippen molar-refractivity contribution in [2.24, 2.45) is 11.3 Å². The highest BCUT2D eigenvalue weighted by atomic mass is 32.2. The third kappa shape index (κ3) is 3.78. The van der Waals surface area contributed by atoms with Crippen LogP contribution in [0, 0.1) is 11.3 Å². The number of nitrogens with one attached hydrogen (secondary N) is 2. The molecule has 2 N–H and O–H groups in total. The third-order valence-corrected chi connectivity index (χ3v) is 6.69. The predicted molar refractivity (Wildman–Crippen MR) is 78.8 cm³/mol. The first kappa shape index (κ1) is 15.0. The largest absolute Gasteiger partial charge is 0.312 e. The molecule has 1 atom stereocenters. The molecule has 1 aromatic heterocycles. The predicted octanol–water partition coefficient (Wildman–Crippen LogP) is 2.18. The van der Waals surface area contributed by atoms with Gasteiger partial charge in [0.1, 0.15) is 4.21 Å². The van der Waals surface area contributed by atoms with Crippen molar-refractivity contribution >= 4 is 21.4 Å². The van der Waals surface area contributed by atoms with Crippen LogP contribution in [0.15, 0.2) is 16.3 Å². The van der Waals surface area contributed by atoms with Gasteiger partial charge in [0.25, 0.3) is 0 Å². The van der Waals surface area contributed by atoms with Gasteiger partial charge in [-0.25, -0.2) is 13.1 Å². The van der Waals surface area contributed by atoms with Gasteiger partial charge in [-0.05, 0) is 36.4 Å². The molecule has 19 heavy (non-hydrogen) atoms. The van der Waals surface area contributed by atoms with Crippen LogP contribution in [0.5, 0.6) is 0 Å². The summed E-state index contributed by atoms with van der Waals surface area (Å²) in [5.74, 6) is 0.475. The maximum absolute atomic E-state index is 12.1. The van der Waals surface area contributed by atoms with Crippen molar-refractivity contribution in [3.05, 3.63) is 17.0 Å². The lowest BCUT2D eigenvalue weighted by Crippen LogP contribution is -2.26. The van der Waals surface area contributed by atoms with Crippen LogP contribution < -0.4 is 10.0 Å². The highest BCUT2D eigenvalue weighted by Gasteiger charge is 2.45. The van der Waals surface area contributed by atoms with Crippen LogP contribution in [0.4, 0.5) is 0 Å². The van der Waals surface area contributed by atoms with Gasteiger partial charge in [-0.15, -0.1) is 11.3 Å². The van der Waals surface area contributed by atoms with Gasteiger partial charge >= 0.3 is 0 Å². The molecule has 1 saturated carbocycles.